The molecule has 1 N–H and O–H groups in total. The first-order valence-corrected chi connectivity index (χ1v) is 7.72. The van der Waals surface area contributed by atoms with Crippen LogP contribution in [-0.4, -0.2) is 55.7 Å². The Labute approximate surface area is 125 Å². The van der Waals surface area contributed by atoms with Crippen LogP contribution in [0.1, 0.15) is 6.92 Å². The van der Waals surface area contributed by atoms with Crippen molar-refractivity contribution in [3.8, 4) is 0 Å². The Morgan fingerprint density at radius 2 is 1.63 bits per heavy atom. The first-order valence-electron chi connectivity index (χ1n) is 5.89. The number of aliphatic carboxylic acids is 1. The minimum Gasteiger partial charge on any atom is -0.480 e. The monoisotopic (exact) mass is 395 g/mol. The van der Waals surface area contributed by atoms with Crippen molar-refractivity contribution in [1.29, 1.82) is 0 Å². The number of amides is 2. The summed E-state index contributed by atoms with van der Waals surface area (Å²) in [6.07, 6.45) is -0.747. The van der Waals surface area contributed by atoms with Gasteiger partial charge in [-0.15, -0.1) is 0 Å². The third-order valence-electron chi connectivity index (χ3n) is 4.13. The summed E-state index contributed by atoms with van der Waals surface area (Å²) in [4.78, 5) is 36.4. The highest BCUT2D eigenvalue weighted by Crippen LogP contribution is 2.53. The van der Waals surface area contributed by atoms with E-state index in [0.717, 1.165) is 4.90 Å². The van der Waals surface area contributed by atoms with Crippen molar-refractivity contribution in [2.24, 2.45) is 11.8 Å². The smallest absolute Gasteiger partial charge is 0.326 e. The summed E-state index contributed by atoms with van der Waals surface area (Å²) in [6, 6.07) is -1.13. The van der Waals surface area contributed by atoms with E-state index >= 15 is 0 Å². The normalized spacial score (nSPS) is 45.7. The van der Waals surface area contributed by atoms with Gasteiger partial charge in [-0.2, -0.15) is 0 Å². The Hall–Kier alpha value is -0.470. The number of hydrogen-bond donors (Lipinski definition) is 1. The second-order valence-corrected chi connectivity index (χ2v) is 7.18. The molecule has 7 atom stereocenters. The third kappa shape index (κ3) is 1.59. The van der Waals surface area contributed by atoms with Crippen LogP contribution in [0, 0.1) is 11.8 Å². The zero-order valence-corrected chi connectivity index (χ0v) is 13.0. The maximum Gasteiger partial charge on any atom is 0.326 e. The zero-order chi connectivity index (χ0) is 14.1. The van der Waals surface area contributed by atoms with Crippen LogP contribution in [0.4, 0.5) is 0 Å². The lowest BCUT2D eigenvalue weighted by Gasteiger charge is -2.24. The molecule has 0 aliphatic carbocycles. The molecule has 19 heavy (non-hydrogen) atoms. The molecule has 3 heterocycles. The van der Waals surface area contributed by atoms with Crippen molar-refractivity contribution < 1.29 is 24.2 Å². The van der Waals surface area contributed by atoms with Gasteiger partial charge in [-0.3, -0.25) is 14.5 Å². The molecule has 3 fully saturated rings. The summed E-state index contributed by atoms with van der Waals surface area (Å²) in [5.74, 6) is -3.15. The van der Waals surface area contributed by atoms with Gasteiger partial charge in [0.25, 0.3) is 0 Å². The van der Waals surface area contributed by atoms with Gasteiger partial charge < -0.3 is 9.84 Å². The largest absolute Gasteiger partial charge is 0.480 e. The molecule has 6 nitrogen and oxygen atoms in total. The van der Waals surface area contributed by atoms with Crippen LogP contribution in [0.15, 0.2) is 0 Å². The van der Waals surface area contributed by atoms with Crippen molar-refractivity contribution in [1.82, 2.24) is 4.90 Å². The minimum absolute atomic E-state index is 0.0458. The van der Waals surface area contributed by atoms with Gasteiger partial charge in [0, 0.05) is 0 Å². The van der Waals surface area contributed by atoms with Crippen LogP contribution in [-0.2, 0) is 19.1 Å². The molecule has 104 valence electrons. The van der Waals surface area contributed by atoms with Gasteiger partial charge in [0.05, 0.1) is 33.7 Å². The van der Waals surface area contributed by atoms with E-state index in [2.05, 4.69) is 31.9 Å². The van der Waals surface area contributed by atoms with E-state index < -0.39 is 35.7 Å². The number of carboxylic acid groups (broad SMARTS) is 1. The second kappa shape index (κ2) is 4.26. The fourth-order valence-electron chi connectivity index (χ4n) is 3.18. The number of fused-ring (bicyclic) bond motifs is 5. The van der Waals surface area contributed by atoms with Gasteiger partial charge in [0.1, 0.15) is 6.04 Å². The molecular formula is C11H11Br2NO5. The molecule has 3 rings (SSSR count). The van der Waals surface area contributed by atoms with Gasteiger partial charge >= 0.3 is 5.97 Å². The molecule has 2 amide bonds. The van der Waals surface area contributed by atoms with Crippen LogP contribution in [0.2, 0.25) is 0 Å². The second-order valence-electron chi connectivity index (χ2n) is 5.07. The summed E-state index contributed by atoms with van der Waals surface area (Å²) in [5, 5.41) is 9.00. The first-order chi connectivity index (χ1) is 8.86. The Kier molecular flexibility index (Phi) is 3.03. The molecule has 0 aromatic carbocycles. The number of likely N-dealkylation sites (tertiary alicyclic amines) is 1. The van der Waals surface area contributed by atoms with Crippen molar-refractivity contribution in [3.05, 3.63) is 0 Å². The summed E-state index contributed by atoms with van der Waals surface area (Å²) < 4.78 is 5.68. The van der Waals surface area contributed by atoms with Crippen molar-refractivity contribution in [3.63, 3.8) is 0 Å². The Morgan fingerprint density at radius 3 is 2.00 bits per heavy atom. The van der Waals surface area contributed by atoms with Gasteiger partial charge in [0.15, 0.2) is 0 Å². The van der Waals surface area contributed by atoms with Crippen LogP contribution in [0.5, 0.6) is 0 Å². The first kappa shape index (κ1) is 13.5. The van der Waals surface area contributed by atoms with Crippen LogP contribution in [0.3, 0.4) is 0 Å². The quantitative estimate of drug-likeness (QED) is 0.538. The summed E-state index contributed by atoms with van der Waals surface area (Å²) in [6.45, 7) is 1.35. The lowest BCUT2D eigenvalue weighted by molar-refractivity contribution is -0.155. The molecule has 0 spiro atoms. The van der Waals surface area contributed by atoms with Crippen molar-refractivity contribution in [2.75, 3.05) is 0 Å². The lowest BCUT2D eigenvalue weighted by atomic mass is 9.81. The SMILES string of the molecule is C[C@@H](C(=O)O)N1C(=O)[C@H]2[C@H]3O[C@@H]([C@@H](Br)[C@H]3Br)[C@@H]2C1=O. The standard InChI is InChI=1S/C11H11Br2NO5/c1-2(11(17)18)14-9(15)3-4(10(14)16)8-6(13)5(12)7(3)19-8/h2-8H,1H3,(H,17,18)/t2-,3+,4+,5-,6+,7+,8+/m0/s1. The fourth-order valence-corrected chi connectivity index (χ4v) is 4.69. The van der Waals surface area contributed by atoms with Gasteiger partial charge in [-0.1, -0.05) is 31.9 Å². The van der Waals surface area contributed by atoms with Gasteiger partial charge in [-0.05, 0) is 6.92 Å². The summed E-state index contributed by atoms with van der Waals surface area (Å²) in [7, 11) is 0. The molecule has 0 radical (unpaired) electrons. The van der Waals surface area contributed by atoms with E-state index in [1.165, 1.54) is 6.92 Å². The zero-order valence-electron chi connectivity index (χ0n) is 9.82. The Balaban J connectivity index is 1.95. The van der Waals surface area contributed by atoms with Crippen molar-refractivity contribution >= 4 is 49.6 Å². The van der Waals surface area contributed by atoms with Crippen LogP contribution < -0.4 is 0 Å². The number of carbonyl (C=O) groups is 3. The number of carbonyl (C=O) groups excluding carboxylic acids is 2. The third-order valence-corrected chi connectivity index (χ3v) is 7.02. The minimum atomic E-state index is -1.18. The molecule has 8 heteroatoms. The van der Waals surface area contributed by atoms with E-state index in [1.807, 2.05) is 0 Å². The maximum atomic E-state index is 12.3. The summed E-state index contributed by atoms with van der Waals surface area (Å²) in [5.41, 5.74) is 0. The molecule has 3 aliphatic rings. The van der Waals surface area contributed by atoms with Gasteiger partial charge in [-0.25, -0.2) is 4.79 Å². The lowest BCUT2D eigenvalue weighted by Crippen LogP contribution is -2.45. The molecule has 0 saturated carbocycles. The molecule has 0 aromatic heterocycles. The maximum absolute atomic E-state index is 12.3. The highest BCUT2D eigenvalue weighted by atomic mass is 79.9. The van der Waals surface area contributed by atoms with Crippen molar-refractivity contribution in [2.45, 2.75) is 34.8 Å². The summed E-state index contributed by atoms with van der Waals surface area (Å²) >= 11 is 6.92. The van der Waals surface area contributed by atoms with E-state index in [-0.39, 0.29) is 21.9 Å². The molecule has 0 unspecified atom stereocenters. The predicted molar refractivity (Wildman–Crippen MR) is 70.0 cm³/mol. The number of carboxylic acids is 1. The highest BCUT2D eigenvalue weighted by molar-refractivity contribution is 9.12. The van der Waals surface area contributed by atoms with Crippen LogP contribution in [0.25, 0.3) is 0 Å². The number of imide groups is 1. The van der Waals surface area contributed by atoms with E-state index in [9.17, 15) is 14.4 Å². The van der Waals surface area contributed by atoms with E-state index in [0.29, 0.717) is 0 Å². The highest BCUT2D eigenvalue weighted by Gasteiger charge is 2.68. The molecular weight excluding hydrogens is 386 g/mol. The predicted octanol–water partition coefficient (Wildman–Crippen LogP) is 0.369. The number of halogens is 2. The number of hydrogen-bond acceptors (Lipinski definition) is 4. The van der Waals surface area contributed by atoms with E-state index in [1.54, 1.807) is 0 Å². The Bertz CT molecular complexity index is 452. The number of alkyl halides is 2. The van der Waals surface area contributed by atoms with Crippen LogP contribution >= 0.6 is 31.9 Å². The molecule has 2 bridgehead atoms. The topological polar surface area (TPSA) is 83.9 Å². The Morgan fingerprint density at radius 1 is 1.21 bits per heavy atom. The molecule has 3 aliphatic heterocycles. The molecule has 3 saturated heterocycles. The molecule has 0 aromatic rings. The van der Waals surface area contributed by atoms with E-state index in [4.69, 9.17) is 9.84 Å². The average molecular weight is 397 g/mol. The fraction of sp³-hybridized carbons (Fsp3) is 0.727. The number of nitrogens with zero attached hydrogens (tertiary/aromatic N) is 1. The number of rotatable bonds is 2. The average Bonchev–Trinajstić information content (AvgIpc) is 2.94. The number of ether oxygens (including phenoxy) is 1. The van der Waals surface area contributed by atoms with Gasteiger partial charge in [0.2, 0.25) is 11.8 Å².